The van der Waals surface area contributed by atoms with Crippen LogP contribution in [-0.4, -0.2) is 6.54 Å². The summed E-state index contributed by atoms with van der Waals surface area (Å²) in [6.07, 6.45) is 6.73. The molecular formula is C14H23N. The predicted octanol–water partition coefficient (Wildman–Crippen LogP) is 4.24. The number of anilines is 1. The third-order valence-electron chi connectivity index (χ3n) is 2.68. The molecule has 0 aromatic heterocycles. The standard InChI is InChI=1S/C8H9N.C6H14/c1-2-4-8-7(3-1)5-6-9-8;1-3-5-6-4-2/h1-4,9H,5-6H2;3-6H2,1-2H3. The minimum Gasteiger partial charge on any atom is -0.384 e. The number of hydrogen-bond acceptors (Lipinski definition) is 1. The van der Waals surface area contributed by atoms with Crippen LogP contribution in [0.1, 0.15) is 45.1 Å². The van der Waals surface area contributed by atoms with Gasteiger partial charge < -0.3 is 5.32 Å². The van der Waals surface area contributed by atoms with Crippen molar-refractivity contribution in [2.24, 2.45) is 0 Å². The molecule has 0 saturated heterocycles. The van der Waals surface area contributed by atoms with Gasteiger partial charge in [0.05, 0.1) is 0 Å². The van der Waals surface area contributed by atoms with Crippen molar-refractivity contribution < 1.29 is 0 Å². The summed E-state index contributed by atoms with van der Waals surface area (Å²) in [7, 11) is 0. The van der Waals surface area contributed by atoms with Crippen LogP contribution in [0.4, 0.5) is 5.69 Å². The normalized spacial score (nSPS) is 12.4. The maximum atomic E-state index is 3.30. The fourth-order valence-corrected chi connectivity index (χ4v) is 1.74. The van der Waals surface area contributed by atoms with Crippen LogP contribution in [-0.2, 0) is 6.42 Å². The Kier molecular flexibility index (Phi) is 5.91. The molecule has 1 heteroatoms. The summed E-state index contributed by atoms with van der Waals surface area (Å²) < 4.78 is 0. The van der Waals surface area contributed by atoms with Crippen LogP contribution in [0.3, 0.4) is 0 Å². The van der Waals surface area contributed by atoms with E-state index in [1.165, 1.54) is 43.4 Å². The van der Waals surface area contributed by atoms with E-state index in [1.54, 1.807) is 0 Å². The van der Waals surface area contributed by atoms with Gasteiger partial charge in [-0.05, 0) is 18.1 Å². The quantitative estimate of drug-likeness (QED) is 0.728. The van der Waals surface area contributed by atoms with Crippen molar-refractivity contribution in [3.05, 3.63) is 29.8 Å². The molecule has 1 aromatic rings. The molecule has 0 fully saturated rings. The predicted molar refractivity (Wildman–Crippen MR) is 68.5 cm³/mol. The largest absolute Gasteiger partial charge is 0.384 e. The van der Waals surface area contributed by atoms with Gasteiger partial charge in [0.2, 0.25) is 0 Å². The summed E-state index contributed by atoms with van der Waals surface area (Å²) in [6.45, 7) is 5.57. The molecule has 0 aliphatic carbocycles. The summed E-state index contributed by atoms with van der Waals surface area (Å²) in [4.78, 5) is 0. The van der Waals surface area contributed by atoms with Crippen molar-refractivity contribution in [3.63, 3.8) is 0 Å². The molecule has 15 heavy (non-hydrogen) atoms. The second kappa shape index (κ2) is 7.33. The van der Waals surface area contributed by atoms with Crippen LogP contribution in [0, 0.1) is 0 Å². The Labute approximate surface area is 93.9 Å². The molecule has 1 aromatic carbocycles. The average molecular weight is 205 g/mol. The van der Waals surface area contributed by atoms with Gasteiger partial charge in [-0.25, -0.2) is 0 Å². The minimum atomic E-state index is 1.11. The number of fused-ring (bicyclic) bond motifs is 1. The fourth-order valence-electron chi connectivity index (χ4n) is 1.74. The first kappa shape index (κ1) is 12.1. The maximum absolute atomic E-state index is 3.30. The van der Waals surface area contributed by atoms with Crippen molar-refractivity contribution in [3.8, 4) is 0 Å². The average Bonchev–Trinajstić information content (AvgIpc) is 2.75. The zero-order valence-corrected chi connectivity index (χ0v) is 10.1. The molecule has 0 bridgehead atoms. The van der Waals surface area contributed by atoms with E-state index in [0.717, 1.165) is 6.54 Å². The zero-order chi connectivity index (χ0) is 10.9. The Morgan fingerprint density at radius 3 is 2.33 bits per heavy atom. The second-order valence-corrected chi connectivity index (χ2v) is 4.04. The molecule has 1 heterocycles. The van der Waals surface area contributed by atoms with E-state index in [0.29, 0.717) is 0 Å². The smallest absolute Gasteiger partial charge is 0.0373 e. The molecule has 0 unspecified atom stereocenters. The Bertz CT molecular complexity index is 241. The number of nitrogens with one attached hydrogen (secondary N) is 1. The van der Waals surface area contributed by atoms with Gasteiger partial charge >= 0.3 is 0 Å². The summed E-state index contributed by atoms with van der Waals surface area (Å²) in [6, 6.07) is 8.46. The van der Waals surface area contributed by atoms with Crippen molar-refractivity contribution in [1.82, 2.24) is 0 Å². The highest BCUT2D eigenvalue weighted by Gasteiger charge is 2.05. The summed E-state index contributed by atoms with van der Waals surface area (Å²) >= 11 is 0. The van der Waals surface area contributed by atoms with Crippen molar-refractivity contribution in [1.29, 1.82) is 0 Å². The lowest BCUT2D eigenvalue weighted by Crippen LogP contribution is -1.90. The molecule has 2 rings (SSSR count). The van der Waals surface area contributed by atoms with Crippen molar-refractivity contribution in [2.75, 3.05) is 11.9 Å². The molecule has 84 valence electrons. The zero-order valence-electron chi connectivity index (χ0n) is 10.1. The van der Waals surface area contributed by atoms with E-state index in [-0.39, 0.29) is 0 Å². The molecule has 1 aliphatic heterocycles. The Morgan fingerprint density at radius 1 is 1.07 bits per heavy atom. The molecule has 0 atom stereocenters. The summed E-state index contributed by atoms with van der Waals surface area (Å²) in [5.74, 6) is 0. The highest BCUT2D eigenvalue weighted by atomic mass is 14.9. The van der Waals surface area contributed by atoms with E-state index in [9.17, 15) is 0 Å². The van der Waals surface area contributed by atoms with Crippen LogP contribution < -0.4 is 5.32 Å². The summed E-state index contributed by atoms with van der Waals surface area (Å²) in [5, 5.41) is 3.30. The molecule has 0 radical (unpaired) electrons. The van der Waals surface area contributed by atoms with E-state index in [2.05, 4.69) is 43.4 Å². The Morgan fingerprint density at radius 2 is 1.73 bits per heavy atom. The van der Waals surface area contributed by atoms with Gasteiger partial charge in [-0.2, -0.15) is 0 Å². The van der Waals surface area contributed by atoms with Gasteiger partial charge in [-0.3, -0.25) is 0 Å². The van der Waals surface area contributed by atoms with Crippen molar-refractivity contribution >= 4 is 5.69 Å². The number of para-hydroxylation sites is 1. The molecule has 0 saturated carbocycles. The van der Waals surface area contributed by atoms with E-state index in [1.807, 2.05) is 0 Å². The van der Waals surface area contributed by atoms with E-state index in [4.69, 9.17) is 0 Å². The van der Waals surface area contributed by atoms with Gasteiger partial charge in [0.25, 0.3) is 0 Å². The molecule has 0 amide bonds. The van der Waals surface area contributed by atoms with Gasteiger partial charge in [-0.15, -0.1) is 0 Å². The number of rotatable bonds is 3. The van der Waals surface area contributed by atoms with Crippen LogP contribution in [0.5, 0.6) is 0 Å². The molecule has 1 nitrogen and oxygen atoms in total. The topological polar surface area (TPSA) is 12.0 Å². The van der Waals surface area contributed by atoms with Crippen LogP contribution in [0.25, 0.3) is 0 Å². The van der Waals surface area contributed by atoms with E-state index >= 15 is 0 Å². The first-order valence-electron chi connectivity index (χ1n) is 6.20. The lowest BCUT2D eigenvalue weighted by atomic mass is 10.2. The van der Waals surface area contributed by atoms with Crippen LogP contribution in [0.2, 0.25) is 0 Å². The lowest BCUT2D eigenvalue weighted by Gasteiger charge is -1.94. The summed E-state index contributed by atoms with van der Waals surface area (Å²) in [5.41, 5.74) is 2.77. The lowest BCUT2D eigenvalue weighted by molar-refractivity contribution is 0.702. The van der Waals surface area contributed by atoms with Gasteiger partial charge in [0, 0.05) is 12.2 Å². The third kappa shape index (κ3) is 4.37. The fraction of sp³-hybridized carbons (Fsp3) is 0.571. The Balaban J connectivity index is 0.000000167. The van der Waals surface area contributed by atoms with Gasteiger partial charge in [0.1, 0.15) is 0 Å². The monoisotopic (exact) mass is 205 g/mol. The third-order valence-corrected chi connectivity index (χ3v) is 2.68. The minimum absolute atomic E-state index is 1.11. The van der Waals surface area contributed by atoms with Crippen LogP contribution >= 0.6 is 0 Å². The Hall–Kier alpha value is -0.980. The van der Waals surface area contributed by atoms with Crippen molar-refractivity contribution in [2.45, 2.75) is 46.0 Å². The van der Waals surface area contributed by atoms with Gasteiger partial charge in [0.15, 0.2) is 0 Å². The first-order chi connectivity index (χ1) is 7.38. The first-order valence-corrected chi connectivity index (χ1v) is 6.20. The van der Waals surface area contributed by atoms with E-state index < -0.39 is 0 Å². The highest BCUT2D eigenvalue weighted by molar-refractivity contribution is 5.54. The number of unbranched alkanes of at least 4 members (excludes halogenated alkanes) is 3. The molecular weight excluding hydrogens is 182 g/mol. The SMILES string of the molecule is CCCCCC.c1ccc2c(c1)CCN2. The number of benzene rings is 1. The maximum Gasteiger partial charge on any atom is 0.0373 e. The molecule has 1 N–H and O–H groups in total. The van der Waals surface area contributed by atoms with Crippen LogP contribution in [0.15, 0.2) is 24.3 Å². The second-order valence-electron chi connectivity index (χ2n) is 4.04. The molecule has 1 aliphatic rings. The van der Waals surface area contributed by atoms with Gasteiger partial charge in [-0.1, -0.05) is 57.7 Å². The highest BCUT2D eigenvalue weighted by Crippen LogP contribution is 2.19. The molecule has 0 spiro atoms. The number of hydrogen-bond donors (Lipinski definition) is 1.